The molecule has 1 N–H and O–H groups in total. The van der Waals surface area contributed by atoms with Crippen molar-refractivity contribution >= 4 is 34.3 Å². The molecule has 0 spiro atoms. The SMILES string of the molecule is CCOc1ccc(NC(=O)CN2CCN(Cc3nc(-c4cccs4)cs3)CC2)cc1. The monoisotopic (exact) mass is 442 g/mol. The summed E-state index contributed by atoms with van der Waals surface area (Å²) in [4.78, 5) is 23.0. The molecule has 1 aliphatic heterocycles. The molecule has 4 rings (SSSR count). The lowest BCUT2D eigenvalue weighted by Gasteiger charge is -2.33. The Morgan fingerprint density at radius 1 is 1.10 bits per heavy atom. The second-order valence-electron chi connectivity index (χ2n) is 7.16. The number of anilines is 1. The summed E-state index contributed by atoms with van der Waals surface area (Å²) in [5.74, 6) is 0.836. The van der Waals surface area contributed by atoms with Crippen molar-refractivity contribution in [3.05, 3.63) is 52.2 Å². The number of hydrogen-bond acceptors (Lipinski definition) is 7. The standard InChI is InChI=1S/C22H26N4O2S2/c1-2-28-18-7-5-17(6-8-18)23-21(27)14-25-9-11-26(12-10-25)15-22-24-19(16-30-22)20-4-3-13-29-20/h3-8,13,16H,2,9-12,14-15H2,1H3,(H,23,27). The smallest absolute Gasteiger partial charge is 0.238 e. The van der Waals surface area contributed by atoms with Crippen LogP contribution in [-0.4, -0.2) is 60.0 Å². The molecule has 0 saturated carbocycles. The van der Waals surface area contributed by atoms with E-state index in [9.17, 15) is 4.79 Å². The number of thiazole rings is 1. The van der Waals surface area contributed by atoms with Crippen molar-refractivity contribution in [2.75, 3.05) is 44.6 Å². The third kappa shape index (κ3) is 5.66. The van der Waals surface area contributed by atoms with Crippen LogP contribution in [0.2, 0.25) is 0 Å². The molecule has 0 unspecified atom stereocenters. The van der Waals surface area contributed by atoms with E-state index in [2.05, 4.69) is 38.0 Å². The lowest BCUT2D eigenvalue weighted by Crippen LogP contribution is -2.48. The van der Waals surface area contributed by atoms with Crippen LogP contribution in [0.25, 0.3) is 10.6 Å². The van der Waals surface area contributed by atoms with Gasteiger partial charge in [-0.05, 0) is 42.6 Å². The highest BCUT2D eigenvalue weighted by Crippen LogP contribution is 2.26. The number of rotatable bonds is 8. The maximum Gasteiger partial charge on any atom is 0.238 e. The van der Waals surface area contributed by atoms with Crippen LogP contribution in [0.1, 0.15) is 11.9 Å². The van der Waals surface area contributed by atoms with E-state index in [1.54, 1.807) is 22.7 Å². The maximum atomic E-state index is 12.4. The molecule has 1 fully saturated rings. The largest absolute Gasteiger partial charge is 0.494 e. The number of carbonyl (C=O) groups is 1. The van der Waals surface area contributed by atoms with Crippen LogP contribution in [0.4, 0.5) is 5.69 Å². The third-order valence-corrected chi connectivity index (χ3v) is 6.69. The van der Waals surface area contributed by atoms with Gasteiger partial charge < -0.3 is 10.1 Å². The van der Waals surface area contributed by atoms with Crippen molar-refractivity contribution in [2.45, 2.75) is 13.5 Å². The lowest BCUT2D eigenvalue weighted by atomic mass is 10.3. The minimum absolute atomic E-state index is 0.0214. The van der Waals surface area contributed by atoms with Gasteiger partial charge in [0.1, 0.15) is 10.8 Å². The number of hydrogen-bond donors (Lipinski definition) is 1. The van der Waals surface area contributed by atoms with Crippen LogP contribution >= 0.6 is 22.7 Å². The van der Waals surface area contributed by atoms with Gasteiger partial charge in [0.2, 0.25) is 5.91 Å². The van der Waals surface area contributed by atoms with Crippen LogP contribution in [0.5, 0.6) is 5.75 Å². The minimum atomic E-state index is 0.0214. The fraction of sp³-hybridized carbons (Fsp3) is 0.364. The Labute approximate surface area is 185 Å². The summed E-state index contributed by atoms with van der Waals surface area (Å²) in [6, 6.07) is 11.7. The summed E-state index contributed by atoms with van der Waals surface area (Å²) >= 11 is 3.45. The summed E-state index contributed by atoms with van der Waals surface area (Å²) in [6.45, 7) is 7.56. The molecule has 3 aromatic rings. The van der Waals surface area contributed by atoms with Gasteiger partial charge in [-0.15, -0.1) is 22.7 Å². The molecule has 0 atom stereocenters. The summed E-state index contributed by atoms with van der Waals surface area (Å²) in [5, 5.41) is 8.35. The first-order valence-electron chi connectivity index (χ1n) is 10.2. The topological polar surface area (TPSA) is 57.7 Å². The number of benzene rings is 1. The van der Waals surface area contributed by atoms with Gasteiger partial charge in [-0.2, -0.15) is 0 Å². The molecular weight excluding hydrogens is 416 g/mol. The average molecular weight is 443 g/mol. The van der Waals surface area contributed by atoms with Gasteiger partial charge in [0.15, 0.2) is 0 Å². The quantitative estimate of drug-likeness (QED) is 0.571. The number of ether oxygens (including phenoxy) is 1. The number of aromatic nitrogens is 1. The minimum Gasteiger partial charge on any atom is -0.494 e. The van der Waals surface area contributed by atoms with Crippen LogP contribution in [0, 0.1) is 0 Å². The van der Waals surface area contributed by atoms with Gasteiger partial charge >= 0.3 is 0 Å². The van der Waals surface area contributed by atoms with E-state index in [0.29, 0.717) is 13.2 Å². The molecule has 1 aliphatic rings. The summed E-state index contributed by atoms with van der Waals surface area (Å²) in [6.07, 6.45) is 0. The van der Waals surface area contributed by atoms with Crippen molar-refractivity contribution in [2.24, 2.45) is 0 Å². The predicted octanol–water partition coefficient (Wildman–Crippen LogP) is 4.03. The highest BCUT2D eigenvalue weighted by Gasteiger charge is 2.20. The fourth-order valence-corrected chi connectivity index (χ4v) is 5.02. The summed E-state index contributed by atoms with van der Waals surface area (Å²) in [5.41, 5.74) is 1.88. The molecule has 8 heteroatoms. The van der Waals surface area contributed by atoms with Gasteiger partial charge in [0.05, 0.1) is 30.3 Å². The van der Waals surface area contributed by atoms with Crippen molar-refractivity contribution in [3.63, 3.8) is 0 Å². The fourth-order valence-electron chi connectivity index (χ4n) is 3.42. The first-order valence-corrected chi connectivity index (χ1v) is 11.9. The van der Waals surface area contributed by atoms with Gasteiger partial charge in [0, 0.05) is 37.2 Å². The first kappa shape index (κ1) is 21.0. The lowest BCUT2D eigenvalue weighted by molar-refractivity contribution is -0.117. The Morgan fingerprint density at radius 3 is 2.57 bits per heavy atom. The average Bonchev–Trinajstić information content (AvgIpc) is 3.43. The molecule has 1 amide bonds. The first-order chi connectivity index (χ1) is 14.7. The van der Waals surface area contributed by atoms with E-state index in [1.165, 1.54) is 4.88 Å². The second kappa shape index (κ2) is 10.2. The zero-order valence-electron chi connectivity index (χ0n) is 17.0. The van der Waals surface area contributed by atoms with E-state index in [1.807, 2.05) is 31.2 Å². The number of piperazine rings is 1. The Morgan fingerprint density at radius 2 is 1.87 bits per heavy atom. The number of nitrogens with one attached hydrogen (secondary N) is 1. The van der Waals surface area contributed by atoms with Gasteiger partial charge in [-0.25, -0.2) is 4.98 Å². The molecule has 1 aromatic carbocycles. The Kier molecular flexibility index (Phi) is 7.11. The zero-order chi connectivity index (χ0) is 20.8. The van der Waals surface area contributed by atoms with Gasteiger partial charge in [-0.3, -0.25) is 14.6 Å². The van der Waals surface area contributed by atoms with Gasteiger partial charge in [-0.1, -0.05) is 6.07 Å². The van der Waals surface area contributed by atoms with Crippen LogP contribution in [0.3, 0.4) is 0 Å². The van der Waals surface area contributed by atoms with Crippen molar-refractivity contribution in [1.82, 2.24) is 14.8 Å². The summed E-state index contributed by atoms with van der Waals surface area (Å²) in [7, 11) is 0. The normalized spacial score (nSPS) is 15.2. The molecule has 0 bridgehead atoms. The van der Waals surface area contributed by atoms with Crippen molar-refractivity contribution < 1.29 is 9.53 Å². The van der Waals surface area contributed by atoms with Crippen LogP contribution < -0.4 is 10.1 Å². The third-order valence-electron chi connectivity index (χ3n) is 4.97. The van der Waals surface area contributed by atoms with Crippen LogP contribution in [0.15, 0.2) is 47.2 Å². The second-order valence-corrected chi connectivity index (χ2v) is 9.05. The molecule has 0 radical (unpaired) electrons. The van der Waals surface area contributed by atoms with E-state index >= 15 is 0 Å². The molecule has 3 heterocycles. The number of nitrogens with zero attached hydrogens (tertiary/aromatic N) is 3. The predicted molar refractivity (Wildman–Crippen MR) is 123 cm³/mol. The molecular formula is C22H26N4O2S2. The highest BCUT2D eigenvalue weighted by molar-refractivity contribution is 7.14. The van der Waals surface area contributed by atoms with E-state index in [4.69, 9.17) is 9.72 Å². The highest BCUT2D eigenvalue weighted by atomic mass is 32.1. The maximum absolute atomic E-state index is 12.4. The molecule has 6 nitrogen and oxygen atoms in total. The van der Waals surface area contributed by atoms with Crippen molar-refractivity contribution in [1.29, 1.82) is 0 Å². The Balaban J connectivity index is 1.20. The molecule has 1 saturated heterocycles. The molecule has 2 aromatic heterocycles. The van der Waals surface area contributed by atoms with Crippen molar-refractivity contribution in [3.8, 4) is 16.3 Å². The van der Waals surface area contributed by atoms with Crippen LogP contribution in [-0.2, 0) is 11.3 Å². The Bertz CT molecular complexity index is 932. The van der Waals surface area contributed by atoms with Gasteiger partial charge in [0.25, 0.3) is 0 Å². The molecule has 158 valence electrons. The summed E-state index contributed by atoms with van der Waals surface area (Å²) < 4.78 is 5.43. The van der Waals surface area contributed by atoms with E-state index in [-0.39, 0.29) is 5.91 Å². The number of thiophene rings is 1. The zero-order valence-corrected chi connectivity index (χ0v) is 18.7. The Hall–Kier alpha value is -2.26. The van der Waals surface area contributed by atoms with E-state index in [0.717, 1.165) is 54.9 Å². The number of carbonyl (C=O) groups excluding carboxylic acids is 1. The number of amides is 1. The molecule has 30 heavy (non-hydrogen) atoms. The van der Waals surface area contributed by atoms with E-state index < -0.39 is 0 Å². The molecule has 0 aliphatic carbocycles.